The lowest BCUT2D eigenvalue weighted by Crippen LogP contribution is -2.42. The number of benzene rings is 2. The van der Waals surface area contributed by atoms with Gasteiger partial charge in [0.25, 0.3) is 0 Å². The molecule has 1 unspecified atom stereocenters. The summed E-state index contributed by atoms with van der Waals surface area (Å²) in [7, 11) is 1.09. The molecule has 1 aliphatic rings. The minimum atomic E-state index is -0.636. The highest BCUT2D eigenvalue weighted by molar-refractivity contribution is 9.10. The number of ether oxygens (including phenoxy) is 1. The first kappa shape index (κ1) is 14.6. The SMILES string of the molecule is CNB(O)c1ccc(OC2CCc3cc(Br)ccc32)cc1. The van der Waals surface area contributed by atoms with E-state index in [9.17, 15) is 5.02 Å². The zero-order chi connectivity index (χ0) is 14.8. The molecule has 108 valence electrons. The third-order valence-electron chi connectivity index (χ3n) is 3.88. The molecule has 0 saturated heterocycles. The molecule has 3 nitrogen and oxygen atoms in total. The van der Waals surface area contributed by atoms with Crippen LogP contribution in [0.15, 0.2) is 46.9 Å². The van der Waals surface area contributed by atoms with Gasteiger partial charge < -0.3 is 15.0 Å². The van der Waals surface area contributed by atoms with Crippen molar-refractivity contribution in [2.45, 2.75) is 18.9 Å². The van der Waals surface area contributed by atoms with E-state index < -0.39 is 7.05 Å². The predicted molar refractivity (Wildman–Crippen MR) is 88.9 cm³/mol. The van der Waals surface area contributed by atoms with Gasteiger partial charge in [0.15, 0.2) is 0 Å². The molecule has 0 spiro atoms. The van der Waals surface area contributed by atoms with Crippen molar-refractivity contribution in [2.75, 3.05) is 7.05 Å². The van der Waals surface area contributed by atoms with E-state index in [1.165, 1.54) is 11.1 Å². The molecule has 3 rings (SSSR count). The maximum Gasteiger partial charge on any atom is 0.412 e. The third-order valence-corrected chi connectivity index (χ3v) is 4.37. The van der Waals surface area contributed by atoms with Crippen molar-refractivity contribution in [3.63, 3.8) is 0 Å². The molecular weight excluding hydrogens is 329 g/mol. The third kappa shape index (κ3) is 3.15. The molecule has 0 fully saturated rings. The first-order valence-corrected chi connectivity index (χ1v) is 7.87. The second-order valence-corrected chi connectivity index (χ2v) is 6.16. The van der Waals surface area contributed by atoms with Crippen molar-refractivity contribution in [2.24, 2.45) is 0 Å². The van der Waals surface area contributed by atoms with Gasteiger partial charge >= 0.3 is 7.05 Å². The van der Waals surface area contributed by atoms with Crippen LogP contribution in [0.2, 0.25) is 0 Å². The Hall–Kier alpha value is -1.30. The van der Waals surface area contributed by atoms with Gasteiger partial charge in [-0.25, -0.2) is 0 Å². The standard InChI is InChI=1S/C16H17BBrNO2/c1-19-17(20)12-3-6-14(7-4-12)21-16-9-2-11-10-13(18)5-8-15(11)16/h3-8,10,16,19-20H,2,9H2,1H3. The number of hydrogen-bond acceptors (Lipinski definition) is 3. The van der Waals surface area contributed by atoms with E-state index in [1.54, 1.807) is 7.05 Å². The molecule has 1 atom stereocenters. The lowest BCUT2D eigenvalue weighted by molar-refractivity contribution is 0.207. The van der Waals surface area contributed by atoms with E-state index in [-0.39, 0.29) is 6.10 Å². The van der Waals surface area contributed by atoms with Crippen LogP contribution in [0, 0.1) is 0 Å². The Morgan fingerprint density at radius 1 is 1.24 bits per heavy atom. The summed E-state index contributed by atoms with van der Waals surface area (Å²) in [5.41, 5.74) is 3.47. The second kappa shape index (κ2) is 6.22. The van der Waals surface area contributed by atoms with E-state index in [0.29, 0.717) is 0 Å². The van der Waals surface area contributed by atoms with Crippen LogP contribution in [0.1, 0.15) is 23.7 Å². The summed E-state index contributed by atoms with van der Waals surface area (Å²) in [6, 6.07) is 14.0. The van der Waals surface area contributed by atoms with Crippen molar-refractivity contribution in [3.05, 3.63) is 58.1 Å². The summed E-state index contributed by atoms with van der Waals surface area (Å²) in [6.07, 6.45) is 2.18. The quantitative estimate of drug-likeness (QED) is 0.836. The topological polar surface area (TPSA) is 41.5 Å². The summed E-state index contributed by atoms with van der Waals surface area (Å²) in [5, 5.41) is 12.5. The molecule has 0 radical (unpaired) electrons. The van der Waals surface area contributed by atoms with E-state index in [0.717, 1.165) is 28.5 Å². The minimum absolute atomic E-state index is 0.119. The fraction of sp³-hybridized carbons (Fsp3) is 0.250. The van der Waals surface area contributed by atoms with E-state index >= 15 is 0 Å². The molecule has 2 N–H and O–H groups in total. The Kier molecular flexibility index (Phi) is 4.33. The smallest absolute Gasteiger partial charge is 0.412 e. The van der Waals surface area contributed by atoms with Gasteiger partial charge in [-0.2, -0.15) is 0 Å². The fourth-order valence-corrected chi connectivity index (χ4v) is 3.14. The zero-order valence-electron chi connectivity index (χ0n) is 11.8. The Labute approximate surface area is 133 Å². The van der Waals surface area contributed by atoms with Crippen LogP contribution in [0.3, 0.4) is 0 Å². The van der Waals surface area contributed by atoms with Gasteiger partial charge in [-0.3, -0.25) is 0 Å². The number of halogens is 1. The van der Waals surface area contributed by atoms with E-state index in [4.69, 9.17) is 4.74 Å². The highest BCUT2D eigenvalue weighted by Gasteiger charge is 2.24. The molecular formula is C16H17BBrNO2. The molecule has 21 heavy (non-hydrogen) atoms. The first-order chi connectivity index (χ1) is 10.2. The summed E-state index contributed by atoms with van der Waals surface area (Å²) in [6.45, 7) is 0. The molecule has 5 heteroatoms. The lowest BCUT2D eigenvalue weighted by Gasteiger charge is -2.15. The van der Waals surface area contributed by atoms with E-state index in [1.807, 2.05) is 24.3 Å². The maximum atomic E-state index is 9.70. The van der Waals surface area contributed by atoms with Crippen LogP contribution < -0.4 is 15.4 Å². The van der Waals surface area contributed by atoms with Crippen molar-refractivity contribution >= 4 is 28.4 Å². The predicted octanol–water partition coefficient (Wildman–Crippen LogP) is 2.42. The highest BCUT2D eigenvalue weighted by atomic mass is 79.9. The Morgan fingerprint density at radius 3 is 2.71 bits per heavy atom. The second-order valence-electron chi connectivity index (χ2n) is 5.25. The highest BCUT2D eigenvalue weighted by Crippen LogP contribution is 2.36. The molecule has 0 heterocycles. The maximum absolute atomic E-state index is 9.70. The molecule has 1 aliphatic carbocycles. The van der Waals surface area contributed by atoms with Gasteiger partial charge in [0.1, 0.15) is 11.9 Å². The van der Waals surface area contributed by atoms with Crippen molar-refractivity contribution in [1.82, 2.24) is 5.23 Å². The Balaban J connectivity index is 1.74. The van der Waals surface area contributed by atoms with Crippen LogP contribution in [-0.4, -0.2) is 19.1 Å². The normalized spacial score (nSPS) is 16.6. The summed E-state index contributed by atoms with van der Waals surface area (Å²) >= 11 is 3.51. The van der Waals surface area contributed by atoms with Crippen LogP contribution in [0.25, 0.3) is 0 Å². The fourth-order valence-electron chi connectivity index (χ4n) is 2.73. The van der Waals surface area contributed by atoms with E-state index in [2.05, 4.69) is 39.4 Å². The largest absolute Gasteiger partial charge is 0.486 e. The minimum Gasteiger partial charge on any atom is -0.486 e. The molecule has 2 aromatic carbocycles. The van der Waals surface area contributed by atoms with Gasteiger partial charge in [-0.1, -0.05) is 34.1 Å². The Morgan fingerprint density at radius 2 is 2.00 bits per heavy atom. The van der Waals surface area contributed by atoms with Crippen molar-refractivity contribution in [3.8, 4) is 5.75 Å². The number of aryl methyl sites for hydroxylation is 1. The number of nitrogens with one attached hydrogen (secondary N) is 1. The van der Waals surface area contributed by atoms with Crippen LogP contribution in [-0.2, 0) is 6.42 Å². The van der Waals surface area contributed by atoms with Crippen LogP contribution in [0.4, 0.5) is 0 Å². The number of rotatable bonds is 4. The average Bonchev–Trinajstić information content (AvgIpc) is 2.89. The molecule has 0 aliphatic heterocycles. The lowest BCUT2D eigenvalue weighted by atomic mass is 9.75. The average molecular weight is 346 g/mol. The van der Waals surface area contributed by atoms with Gasteiger partial charge in [-0.15, -0.1) is 0 Å². The van der Waals surface area contributed by atoms with Crippen molar-refractivity contribution in [1.29, 1.82) is 0 Å². The van der Waals surface area contributed by atoms with Crippen molar-refractivity contribution < 1.29 is 9.76 Å². The summed E-state index contributed by atoms with van der Waals surface area (Å²) in [5.74, 6) is 0.836. The van der Waals surface area contributed by atoms with Gasteiger partial charge in [0.05, 0.1) is 0 Å². The number of fused-ring (bicyclic) bond motifs is 1. The number of hydrogen-bond donors (Lipinski definition) is 2. The van der Waals surface area contributed by atoms with Gasteiger partial charge in [0.2, 0.25) is 0 Å². The monoisotopic (exact) mass is 345 g/mol. The molecule has 2 aromatic rings. The zero-order valence-corrected chi connectivity index (χ0v) is 13.4. The van der Waals surface area contributed by atoms with Crippen LogP contribution >= 0.6 is 15.9 Å². The summed E-state index contributed by atoms with van der Waals surface area (Å²) < 4.78 is 7.21. The van der Waals surface area contributed by atoms with Crippen LogP contribution in [0.5, 0.6) is 5.75 Å². The molecule has 0 saturated carbocycles. The molecule has 0 amide bonds. The molecule has 0 bridgehead atoms. The summed E-state index contributed by atoms with van der Waals surface area (Å²) in [4.78, 5) is 0. The van der Waals surface area contributed by atoms with Gasteiger partial charge in [0, 0.05) is 4.47 Å². The first-order valence-electron chi connectivity index (χ1n) is 7.07. The Bertz CT molecular complexity index is 633. The van der Waals surface area contributed by atoms with Gasteiger partial charge in [-0.05, 0) is 60.7 Å². The molecule has 0 aromatic heterocycles.